The van der Waals surface area contributed by atoms with E-state index in [1.165, 1.54) is 13.2 Å². The van der Waals surface area contributed by atoms with Gasteiger partial charge in [-0.3, -0.25) is 0 Å². The molecule has 0 fully saturated rings. The van der Waals surface area contributed by atoms with Gasteiger partial charge < -0.3 is 15.0 Å². The van der Waals surface area contributed by atoms with E-state index < -0.39 is 0 Å². The molecule has 108 valence electrons. The van der Waals surface area contributed by atoms with Crippen molar-refractivity contribution in [1.82, 2.24) is 10.2 Å². The molecule has 3 nitrogen and oxygen atoms in total. The summed E-state index contributed by atoms with van der Waals surface area (Å²) in [7, 11) is 3.63. The van der Waals surface area contributed by atoms with Crippen LogP contribution in [0.1, 0.15) is 32.4 Å². The Kier molecular flexibility index (Phi) is 6.25. The number of hydrogen-bond acceptors (Lipinski definition) is 3. The van der Waals surface area contributed by atoms with Crippen molar-refractivity contribution in [3.8, 4) is 5.75 Å². The summed E-state index contributed by atoms with van der Waals surface area (Å²) in [6.45, 7) is 8.07. The first-order valence-corrected chi connectivity index (χ1v) is 6.72. The molecule has 0 aromatic heterocycles. The first kappa shape index (κ1) is 15.9. The second-order valence-electron chi connectivity index (χ2n) is 5.14. The molecular formula is C15H25FN2O. The Balaban J connectivity index is 2.51. The molecular weight excluding hydrogens is 243 g/mol. The van der Waals surface area contributed by atoms with Crippen molar-refractivity contribution in [2.75, 3.05) is 27.2 Å². The molecule has 0 saturated carbocycles. The fraction of sp³-hybridized carbons (Fsp3) is 0.600. The van der Waals surface area contributed by atoms with Crippen molar-refractivity contribution in [1.29, 1.82) is 0 Å². The fourth-order valence-electron chi connectivity index (χ4n) is 1.81. The second kappa shape index (κ2) is 7.46. The third-order valence-corrected chi connectivity index (χ3v) is 3.47. The normalized spacial score (nSPS) is 13.1. The molecule has 1 rings (SSSR count). The molecule has 0 amide bonds. The summed E-state index contributed by atoms with van der Waals surface area (Å²) < 4.78 is 18.9. The predicted octanol–water partition coefficient (Wildman–Crippen LogP) is 2.83. The van der Waals surface area contributed by atoms with Crippen LogP contribution in [0, 0.1) is 5.82 Å². The molecule has 1 atom stereocenters. The summed E-state index contributed by atoms with van der Waals surface area (Å²) in [5.74, 6) is 0.324. The van der Waals surface area contributed by atoms with Gasteiger partial charge in [-0.25, -0.2) is 4.39 Å². The number of ether oxygens (including phenoxy) is 1. The van der Waals surface area contributed by atoms with Crippen LogP contribution in [-0.2, 0) is 0 Å². The van der Waals surface area contributed by atoms with Crippen LogP contribution in [0.5, 0.6) is 5.75 Å². The molecule has 1 unspecified atom stereocenters. The summed E-state index contributed by atoms with van der Waals surface area (Å²) in [6, 6.07) is 5.50. The van der Waals surface area contributed by atoms with Gasteiger partial charge in [0.05, 0.1) is 7.11 Å². The van der Waals surface area contributed by atoms with Crippen LogP contribution in [0.2, 0.25) is 0 Å². The van der Waals surface area contributed by atoms with Gasteiger partial charge in [-0.15, -0.1) is 0 Å². The van der Waals surface area contributed by atoms with Crippen molar-refractivity contribution in [3.05, 3.63) is 29.6 Å². The van der Waals surface area contributed by atoms with E-state index in [0.29, 0.717) is 17.4 Å². The Morgan fingerprint density at radius 2 is 2.00 bits per heavy atom. The molecule has 0 aliphatic heterocycles. The van der Waals surface area contributed by atoms with Crippen LogP contribution < -0.4 is 10.1 Å². The zero-order valence-electron chi connectivity index (χ0n) is 12.5. The summed E-state index contributed by atoms with van der Waals surface area (Å²) in [4.78, 5) is 2.25. The molecule has 0 aliphatic rings. The van der Waals surface area contributed by atoms with Gasteiger partial charge in [0, 0.05) is 36.8 Å². The Bertz CT molecular complexity index is 396. The van der Waals surface area contributed by atoms with E-state index >= 15 is 0 Å². The standard InChI is InChI=1S/C15H25FN2O/c1-11(2)18(4)9-8-17-12(3)14-7-6-13(19-5)10-15(14)16/h6-7,10-12,17H,8-9H2,1-5H3. The molecule has 19 heavy (non-hydrogen) atoms. The summed E-state index contributed by atoms with van der Waals surface area (Å²) >= 11 is 0. The zero-order valence-corrected chi connectivity index (χ0v) is 12.5. The fourth-order valence-corrected chi connectivity index (χ4v) is 1.81. The lowest BCUT2D eigenvalue weighted by Gasteiger charge is -2.23. The van der Waals surface area contributed by atoms with E-state index in [9.17, 15) is 4.39 Å². The van der Waals surface area contributed by atoms with E-state index in [4.69, 9.17) is 4.74 Å². The van der Waals surface area contributed by atoms with E-state index in [-0.39, 0.29) is 11.9 Å². The molecule has 0 saturated heterocycles. The average Bonchev–Trinajstić information content (AvgIpc) is 2.37. The third kappa shape index (κ3) is 4.80. The van der Waals surface area contributed by atoms with E-state index in [0.717, 1.165) is 13.1 Å². The van der Waals surface area contributed by atoms with E-state index in [1.54, 1.807) is 12.1 Å². The largest absolute Gasteiger partial charge is 0.497 e. The first-order chi connectivity index (χ1) is 8.95. The minimum atomic E-state index is -0.225. The molecule has 0 bridgehead atoms. The van der Waals surface area contributed by atoms with Crippen molar-refractivity contribution in [2.45, 2.75) is 32.9 Å². The van der Waals surface area contributed by atoms with Crippen molar-refractivity contribution in [2.24, 2.45) is 0 Å². The van der Waals surface area contributed by atoms with Crippen LogP contribution in [0.25, 0.3) is 0 Å². The van der Waals surface area contributed by atoms with Crippen molar-refractivity contribution in [3.63, 3.8) is 0 Å². The van der Waals surface area contributed by atoms with Crippen LogP contribution >= 0.6 is 0 Å². The molecule has 1 aromatic carbocycles. The number of rotatable bonds is 7. The number of halogens is 1. The van der Waals surface area contributed by atoms with E-state index in [2.05, 4.69) is 31.1 Å². The second-order valence-corrected chi connectivity index (χ2v) is 5.14. The topological polar surface area (TPSA) is 24.5 Å². The first-order valence-electron chi connectivity index (χ1n) is 6.72. The minimum Gasteiger partial charge on any atom is -0.497 e. The highest BCUT2D eigenvalue weighted by atomic mass is 19.1. The Morgan fingerprint density at radius 1 is 1.32 bits per heavy atom. The molecule has 1 N–H and O–H groups in total. The van der Waals surface area contributed by atoms with Gasteiger partial charge in [-0.05, 0) is 33.9 Å². The summed E-state index contributed by atoms with van der Waals surface area (Å²) in [5.41, 5.74) is 0.674. The smallest absolute Gasteiger partial charge is 0.131 e. The third-order valence-electron chi connectivity index (χ3n) is 3.47. The quantitative estimate of drug-likeness (QED) is 0.823. The number of nitrogens with one attached hydrogen (secondary N) is 1. The van der Waals surface area contributed by atoms with Gasteiger partial charge in [0.1, 0.15) is 11.6 Å². The highest BCUT2D eigenvalue weighted by Crippen LogP contribution is 2.21. The maximum absolute atomic E-state index is 13.9. The van der Waals surface area contributed by atoms with Crippen LogP contribution in [0.15, 0.2) is 18.2 Å². The van der Waals surface area contributed by atoms with Crippen LogP contribution in [0.4, 0.5) is 4.39 Å². The number of benzene rings is 1. The molecule has 0 spiro atoms. The van der Waals surface area contributed by atoms with Gasteiger partial charge in [0.2, 0.25) is 0 Å². The predicted molar refractivity (Wildman–Crippen MR) is 77.1 cm³/mol. The van der Waals surface area contributed by atoms with Crippen LogP contribution in [0.3, 0.4) is 0 Å². The SMILES string of the molecule is COc1ccc(C(C)NCCN(C)C(C)C)c(F)c1. The maximum Gasteiger partial charge on any atom is 0.131 e. The summed E-state index contributed by atoms with van der Waals surface area (Å²) in [6.07, 6.45) is 0. The van der Waals surface area contributed by atoms with Gasteiger partial charge in [0.15, 0.2) is 0 Å². The lowest BCUT2D eigenvalue weighted by molar-refractivity contribution is 0.269. The minimum absolute atomic E-state index is 0.00790. The van der Waals surface area contributed by atoms with Gasteiger partial charge in [-0.1, -0.05) is 6.07 Å². The van der Waals surface area contributed by atoms with E-state index in [1.807, 2.05) is 6.92 Å². The Hall–Kier alpha value is -1.13. The molecule has 4 heteroatoms. The highest BCUT2D eigenvalue weighted by molar-refractivity contribution is 5.30. The summed E-state index contributed by atoms with van der Waals surface area (Å²) in [5, 5.41) is 3.34. The molecule has 1 aromatic rings. The Labute approximate surface area is 115 Å². The number of nitrogens with zero attached hydrogens (tertiary/aromatic N) is 1. The van der Waals surface area contributed by atoms with Crippen molar-refractivity contribution < 1.29 is 9.13 Å². The highest BCUT2D eigenvalue weighted by Gasteiger charge is 2.11. The lowest BCUT2D eigenvalue weighted by Crippen LogP contribution is -2.34. The zero-order chi connectivity index (χ0) is 14.4. The average molecular weight is 268 g/mol. The van der Waals surface area contributed by atoms with Gasteiger partial charge in [-0.2, -0.15) is 0 Å². The molecule has 0 heterocycles. The number of methoxy groups -OCH3 is 1. The monoisotopic (exact) mass is 268 g/mol. The van der Waals surface area contributed by atoms with Gasteiger partial charge >= 0.3 is 0 Å². The molecule has 0 aliphatic carbocycles. The number of likely N-dealkylation sites (N-methyl/N-ethyl adjacent to an activating group) is 1. The Morgan fingerprint density at radius 3 is 2.53 bits per heavy atom. The van der Waals surface area contributed by atoms with Crippen LogP contribution in [-0.4, -0.2) is 38.2 Å². The lowest BCUT2D eigenvalue weighted by atomic mass is 10.1. The number of hydrogen-bond donors (Lipinski definition) is 1. The maximum atomic E-state index is 13.9. The molecule has 0 radical (unpaired) electrons. The van der Waals surface area contributed by atoms with Gasteiger partial charge in [0.25, 0.3) is 0 Å². The van der Waals surface area contributed by atoms with Crippen molar-refractivity contribution >= 4 is 0 Å².